The molecule has 3 fully saturated rings. The summed E-state index contributed by atoms with van der Waals surface area (Å²) in [6.45, 7) is 4.90. The Labute approximate surface area is 247 Å². The predicted molar refractivity (Wildman–Crippen MR) is 158 cm³/mol. The van der Waals surface area contributed by atoms with Crippen molar-refractivity contribution in [1.29, 1.82) is 0 Å². The summed E-state index contributed by atoms with van der Waals surface area (Å²) >= 11 is 0. The molecular formula is C33H31F3N4O3. The van der Waals surface area contributed by atoms with E-state index in [1.54, 1.807) is 12.1 Å². The van der Waals surface area contributed by atoms with Crippen LogP contribution in [0.4, 0.5) is 19.0 Å². The van der Waals surface area contributed by atoms with Crippen molar-refractivity contribution in [3.63, 3.8) is 0 Å². The lowest BCUT2D eigenvalue weighted by Gasteiger charge is -2.35. The highest BCUT2D eigenvalue weighted by Gasteiger charge is 2.49. The van der Waals surface area contributed by atoms with Crippen LogP contribution in [-0.2, 0) is 4.74 Å². The number of rotatable bonds is 5. The third-order valence-corrected chi connectivity index (χ3v) is 9.12. The summed E-state index contributed by atoms with van der Waals surface area (Å²) < 4.78 is 57.7. The second-order valence-electron chi connectivity index (χ2n) is 11.8. The lowest BCUT2D eigenvalue weighted by atomic mass is 9.93. The lowest BCUT2D eigenvalue weighted by Crippen LogP contribution is -2.44. The van der Waals surface area contributed by atoms with Crippen molar-refractivity contribution < 1.29 is 27.8 Å². The molecular weight excluding hydrogens is 557 g/mol. The first-order chi connectivity index (χ1) is 20.8. The lowest BCUT2D eigenvalue weighted by molar-refractivity contribution is 0.0978. The van der Waals surface area contributed by atoms with Crippen LogP contribution in [0.15, 0.2) is 36.4 Å². The number of ether oxygens (including phenoxy) is 2. The van der Waals surface area contributed by atoms with Crippen molar-refractivity contribution in [3.05, 3.63) is 53.6 Å². The van der Waals surface area contributed by atoms with Crippen molar-refractivity contribution in [2.75, 3.05) is 44.4 Å². The molecule has 1 aromatic heterocycles. The highest BCUT2D eigenvalue weighted by atomic mass is 19.1. The van der Waals surface area contributed by atoms with E-state index in [0.717, 1.165) is 19.4 Å². The van der Waals surface area contributed by atoms with Crippen molar-refractivity contribution >= 4 is 27.5 Å². The van der Waals surface area contributed by atoms with Gasteiger partial charge >= 0.3 is 6.01 Å². The molecule has 222 valence electrons. The molecule has 0 radical (unpaired) electrons. The Balaban J connectivity index is 1.39. The van der Waals surface area contributed by atoms with Crippen LogP contribution in [0.2, 0.25) is 0 Å². The standard InChI is InChI=1S/C33H31F3N4O3/c1-3-23-27(35)8-5-20-13-22(41)14-26(28(20)23)24-6-7-25-30(29(24)36)37-32(38-31(25)40-11-12-42-17-19(40)2)43-18-33-9-4-10-39(33)16-21(34)15-33/h1,5-8,13-14,19,21,41H,4,9-12,15-18H2,2H3/t19-,21-,33+/m1/s1. The fourth-order valence-corrected chi connectivity index (χ4v) is 7.09. The van der Waals surface area contributed by atoms with Crippen LogP contribution in [0, 0.1) is 24.0 Å². The molecule has 3 aromatic carbocycles. The van der Waals surface area contributed by atoms with Crippen LogP contribution in [0.5, 0.6) is 11.8 Å². The fourth-order valence-electron chi connectivity index (χ4n) is 7.09. The van der Waals surface area contributed by atoms with Gasteiger partial charge in [0.1, 0.15) is 35.7 Å². The molecule has 3 aliphatic rings. The molecule has 10 heteroatoms. The van der Waals surface area contributed by atoms with Gasteiger partial charge in [0, 0.05) is 35.8 Å². The Kier molecular flexibility index (Phi) is 6.83. The topological polar surface area (TPSA) is 71.0 Å². The average molecular weight is 589 g/mol. The first-order valence-corrected chi connectivity index (χ1v) is 14.6. The number of fused-ring (bicyclic) bond motifs is 3. The number of halogens is 3. The SMILES string of the molecule is C#Cc1c(F)ccc2cc(O)cc(-c3ccc4c(N5CCOC[C@H]5C)nc(OC[C@@]56CCCN5C[C@H](F)C6)nc4c3F)c12. The van der Waals surface area contributed by atoms with Crippen LogP contribution in [0.1, 0.15) is 31.7 Å². The minimum Gasteiger partial charge on any atom is -0.508 e. The largest absolute Gasteiger partial charge is 0.508 e. The molecule has 0 aliphatic carbocycles. The normalized spacial score (nSPS) is 24.0. The van der Waals surface area contributed by atoms with Gasteiger partial charge in [-0.05, 0) is 61.5 Å². The molecule has 43 heavy (non-hydrogen) atoms. The molecule has 0 bridgehead atoms. The molecule has 3 saturated heterocycles. The number of phenolic OH excluding ortho intramolecular Hbond substituents is 1. The van der Waals surface area contributed by atoms with Gasteiger partial charge in [-0.15, -0.1) is 6.42 Å². The van der Waals surface area contributed by atoms with Crippen LogP contribution in [-0.4, -0.2) is 77.2 Å². The maximum atomic E-state index is 16.7. The maximum absolute atomic E-state index is 16.7. The van der Waals surface area contributed by atoms with Gasteiger partial charge in [0.25, 0.3) is 0 Å². The van der Waals surface area contributed by atoms with Crippen LogP contribution in [0.25, 0.3) is 32.8 Å². The molecule has 1 N–H and O–H groups in total. The number of hydrogen-bond donors (Lipinski definition) is 1. The molecule has 7 nitrogen and oxygen atoms in total. The highest BCUT2D eigenvalue weighted by Crippen LogP contribution is 2.42. The van der Waals surface area contributed by atoms with Crippen LogP contribution in [0.3, 0.4) is 0 Å². The van der Waals surface area contributed by atoms with Gasteiger partial charge in [0.05, 0.1) is 30.4 Å². The van der Waals surface area contributed by atoms with Crippen molar-refractivity contribution in [2.24, 2.45) is 0 Å². The fraction of sp³-hybridized carbons (Fsp3) is 0.394. The minimum absolute atomic E-state index is 0.00287. The maximum Gasteiger partial charge on any atom is 0.319 e. The number of terminal acetylenes is 1. The molecule has 3 atom stereocenters. The van der Waals surface area contributed by atoms with E-state index in [0.29, 0.717) is 54.7 Å². The molecule has 4 aromatic rings. The number of aromatic nitrogens is 2. The number of benzene rings is 3. The second-order valence-corrected chi connectivity index (χ2v) is 11.8. The Morgan fingerprint density at radius 1 is 1.16 bits per heavy atom. The first-order valence-electron chi connectivity index (χ1n) is 14.6. The van der Waals surface area contributed by atoms with E-state index >= 15 is 4.39 Å². The molecule has 4 heterocycles. The van der Waals surface area contributed by atoms with E-state index < -0.39 is 23.3 Å². The van der Waals surface area contributed by atoms with Gasteiger partial charge in [0.15, 0.2) is 5.82 Å². The zero-order valence-corrected chi connectivity index (χ0v) is 23.7. The van der Waals surface area contributed by atoms with E-state index in [2.05, 4.69) is 15.8 Å². The van der Waals surface area contributed by atoms with Gasteiger partial charge in [-0.3, -0.25) is 4.90 Å². The number of nitrogens with zero attached hydrogens (tertiary/aromatic N) is 4. The van der Waals surface area contributed by atoms with Crippen LogP contribution < -0.4 is 9.64 Å². The third-order valence-electron chi connectivity index (χ3n) is 9.12. The summed E-state index contributed by atoms with van der Waals surface area (Å²) in [5.74, 6) is 1.47. The molecule has 0 spiro atoms. The smallest absolute Gasteiger partial charge is 0.319 e. The van der Waals surface area contributed by atoms with Crippen LogP contribution >= 0.6 is 0 Å². The Morgan fingerprint density at radius 3 is 2.84 bits per heavy atom. The number of phenols is 1. The third kappa shape index (κ3) is 4.62. The van der Waals surface area contributed by atoms with E-state index in [-0.39, 0.29) is 46.6 Å². The van der Waals surface area contributed by atoms with Crippen molar-refractivity contribution in [3.8, 4) is 35.2 Å². The number of hydrogen-bond acceptors (Lipinski definition) is 7. The predicted octanol–water partition coefficient (Wildman–Crippen LogP) is 5.60. The zero-order valence-electron chi connectivity index (χ0n) is 23.7. The van der Waals surface area contributed by atoms with E-state index in [4.69, 9.17) is 20.9 Å². The summed E-state index contributed by atoms with van der Waals surface area (Å²) in [6.07, 6.45) is 6.90. The number of morpholine rings is 1. The van der Waals surface area contributed by atoms with Crippen molar-refractivity contribution in [1.82, 2.24) is 14.9 Å². The summed E-state index contributed by atoms with van der Waals surface area (Å²) in [4.78, 5) is 13.5. The van der Waals surface area contributed by atoms with E-state index in [1.165, 1.54) is 24.3 Å². The summed E-state index contributed by atoms with van der Waals surface area (Å²) in [5, 5.41) is 11.8. The summed E-state index contributed by atoms with van der Waals surface area (Å²) in [6, 6.07) is 8.81. The van der Waals surface area contributed by atoms with E-state index in [9.17, 15) is 13.9 Å². The van der Waals surface area contributed by atoms with Gasteiger partial charge < -0.3 is 19.5 Å². The summed E-state index contributed by atoms with van der Waals surface area (Å²) in [7, 11) is 0. The Hall–Kier alpha value is -4.07. The van der Waals surface area contributed by atoms with Gasteiger partial charge in [-0.2, -0.15) is 9.97 Å². The zero-order chi connectivity index (χ0) is 29.9. The molecule has 0 saturated carbocycles. The summed E-state index contributed by atoms with van der Waals surface area (Å²) in [5.41, 5.74) is -0.102. The molecule has 0 unspecified atom stereocenters. The Morgan fingerprint density at radius 2 is 2.02 bits per heavy atom. The highest BCUT2D eigenvalue weighted by molar-refractivity contribution is 6.04. The number of alkyl halides is 1. The monoisotopic (exact) mass is 588 g/mol. The second kappa shape index (κ2) is 10.6. The molecule has 0 amide bonds. The average Bonchev–Trinajstić information content (AvgIpc) is 3.52. The molecule has 7 rings (SSSR count). The van der Waals surface area contributed by atoms with E-state index in [1.807, 2.05) is 11.8 Å². The molecule has 3 aliphatic heterocycles. The minimum atomic E-state index is -0.916. The quantitative estimate of drug-likeness (QED) is 0.305. The van der Waals surface area contributed by atoms with Gasteiger partial charge in [0.2, 0.25) is 0 Å². The Bertz CT molecular complexity index is 1790. The number of aromatic hydroxyl groups is 1. The number of anilines is 1. The van der Waals surface area contributed by atoms with Gasteiger partial charge in [-0.1, -0.05) is 18.1 Å². The van der Waals surface area contributed by atoms with Crippen molar-refractivity contribution in [2.45, 2.75) is 43.9 Å². The first kappa shape index (κ1) is 27.7. The van der Waals surface area contributed by atoms with Gasteiger partial charge in [-0.25, -0.2) is 13.2 Å².